The second-order valence-electron chi connectivity index (χ2n) is 5.12. The van der Waals surface area contributed by atoms with Crippen LogP contribution in [0.15, 0.2) is 24.3 Å². The van der Waals surface area contributed by atoms with Crippen LogP contribution in [0.2, 0.25) is 0 Å². The topological polar surface area (TPSA) is 76.1 Å². The van der Waals surface area contributed by atoms with Crippen molar-refractivity contribution in [3.05, 3.63) is 35.4 Å². The second-order valence-corrected chi connectivity index (χ2v) is 5.12. The molecule has 1 N–H and O–H groups in total. The van der Waals surface area contributed by atoms with Crippen LogP contribution in [0.4, 0.5) is 0 Å². The molecule has 1 saturated heterocycles. The third-order valence-electron chi connectivity index (χ3n) is 3.31. The van der Waals surface area contributed by atoms with E-state index in [0.717, 1.165) is 5.56 Å². The van der Waals surface area contributed by atoms with Gasteiger partial charge >= 0.3 is 5.97 Å². The predicted octanol–water partition coefficient (Wildman–Crippen LogP) is 1.15. The van der Waals surface area contributed by atoms with Crippen molar-refractivity contribution < 1.29 is 24.2 Å². The van der Waals surface area contributed by atoms with Crippen LogP contribution in [0.5, 0.6) is 0 Å². The fourth-order valence-corrected chi connectivity index (χ4v) is 2.40. The third-order valence-corrected chi connectivity index (χ3v) is 3.31. The second kappa shape index (κ2) is 6.69. The van der Waals surface area contributed by atoms with E-state index in [-0.39, 0.29) is 18.6 Å². The van der Waals surface area contributed by atoms with Gasteiger partial charge in [-0.2, -0.15) is 0 Å². The zero-order valence-corrected chi connectivity index (χ0v) is 12.1. The highest BCUT2D eigenvalue weighted by Gasteiger charge is 2.32. The third kappa shape index (κ3) is 3.80. The molecule has 1 aromatic rings. The van der Waals surface area contributed by atoms with Crippen LogP contribution in [0, 0.1) is 0 Å². The van der Waals surface area contributed by atoms with E-state index in [4.69, 9.17) is 14.6 Å². The molecule has 6 heteroatoms. The molecule has 1 amide bonds. The van der Waals surface area contributed by atoms with Gasteiger partial charge in [0, 0.05) is 19.2 Å². The minimum Gasteiger partial charge on any atom is -0.479 e. The van der Waals surface area contributed by atoms with Gasteiger partial charge in [-0.1, -0.05) is 12.1 Å². The van der Waals surface area contributed by atoms with Gasteiger partial charge in [0.05, 0.1) is 19.3 Å². The summed E-state index contributed by atoms with van der Waals surface area (Å²) < 4.78 is 10.4. The van der Waals surface area contributed by atoms with Crippen molar-refractivity contribution in [3.63, 3.8) is 0 Å². The molecule has 1 aliphatic heterocycles. The molecule has 6 nitrogen and oxygen atoms in total. The van der Waals surface area contributed by atoms with Crippen molar-refractivity contribution in [1.29, 1.82) is 0 Å². The molecule has 1 unspecified atom stereocenters. The first-order chi connectivity index (χ1) is 10.0. The Morgan fingerprint density at radius 1 is 1.43 bits per heavy atom. The number of carbonyl (C=O) groups excluding carboxylic acids is 1. The number of carbonyl (C=O) groups is 2. The Morgan fingerprint density at radius 2 is 2.19 bits per heavy atom. The Hall–Kier alpha value is -1.92. The number of hydrogen-bond acceptors (Lipinski definition) is 4. The summed E-state index contributed by atoms with van der Waals surface area (Å²) in [6, 6.07) is 7.15. The summed E-state index contributed by atoms with van der Waals surface area (Å²) >= 11 is 0. The summed E-state index contributed by atoms with van der Waals surface area (Å²) in [4.78, 5) is 25.1. The molecule has 21 heavy (non-hydrogen) atoms. The predicted molar refractivity (Wildman–Crippen MR) is 75.0 cm³/mol. The lowest BCUT2D eigenvalue weighted by Gasteiger charge is -2.35. The lowest BCUT2D eigenvalue weighted by atomic mass is 10.1. The molecule has 1 fully saturated rings. The normalized spacial score (nSPS) is 22.1. The quantitative estimate of drug-likeness (QED) is 0.901. The van der Waals surface area contributed by atoms with E-state index in [1.54, 1.807) is 32.2 Å². The first-order valence-electron chi connectivity index (χ1n) is 6.76. The first-order valence-corrected chi connectivity index (χ1v) is 6.76. The molecule has 0 spiro atoms. The summed E-state index contributed by atoms with van der Waals surface area (Å²) in [5.74, 6) is -1.23. The molecule has 1 aliphatic rings. The maximum absolute atomic E-state index is 12.5. The number of morpholine rings is 1. The monoisotopic (exact) mass is 293 g/mol. The highest BCUT2D eigenvalue weighted by Crippen LogP contribution is 2.16. The molecular formula is C15H19NO5. The zero-order valence-electron chi connectivity index (χ0n) is 12.1. The van der Waals surface area contributed by atoms with Gasteiger partial charge in [0.1, 0.15) is 0 Å². The molecule has 0 radical (unpaired) electrons. The number of nitrogens with zero attached hydrogens (tertiary/aromatic N) is 1. The van der Waals surface area contributed by atoms with E-state index >= 15 is 0 Å². The van der Waals surface area contributed by atoms with Crippen molar-refractivity contribution in [3.8, 4) is 0 Å². The highest BCUT2D eigenvalue weighted by molar-refractivity contribution is 5.94. The fourth-order valence-electron chi connectivity index (χ4n) is 2.40. The van der Waals surface area contributed by atoms with Gasteiger partial charge < -0.3 is 19.5 Å². The number of benzene rings is 1. The van der Waals surface area contributed by atoms with Gasteiger partial charge in [0.25, 0.3) is 5.91 Å². The van der Waals surface area contributed by atoms with Crippen LogP contribution in [-0.4, -0.2) is 54.3 Å². The van der Waals surface area contributed by atoms with Crippen LogP contribution in [0.25, 0.3) is 0 Å². The van der Waals surface area contributed by atoms with Gasteiger partial charge in [0.15, 0.2) is 6.10 Å². The van der Waals surface area contributed by atoms with Crippen molar-refractivity contribution in [2.75, 3.05) is 20.2 Å². The Bertz CT molecular complexity index is 531. The standard InChI is InChI=1S/C15H19NO5/c1-10-7-16(8-13(21-10)15(18)19)14(17)12-5-3-4-11(6-12)9-20-2/h3-6,10,13H,7-9H2,1-2H3,(H,18,19)/t10-,13?/m1/s1. The number of rotatable bonds is 4. The lowest BCUT2D eigenvalue weighted by molar-refractivity contribution is -0.160. The molecule has 1 aromatic carbocycles. The maximum Gasteiger partial charge on any atom is 0.334 e. The maximum atomic E-state index is 12.5. The number of aliphatic carboxylic acids is 1. The summed E-state index contributed by atoms with van der Waals surface area (Å²) in [6.07, 6.45) is -1.27. The molecule has 114 valence electrons. The minimum atomic E-state index is -1.05. The Kier molecular flexibility index (Phi) is 4.93. The van der Waals surface area contributed by atoms with Crippen molar-refractivity contribution in [2.45, 2.75) is 25.7 Å². The summed E-state index contributed by atoms with van der Waals surface area (Å²) in [7, 11) is 1.59. The number of methoxy groups -OCH3 is 1. The van der Waals surface area contributed by atoms with Crippen LogP contribution < -0.4 is 0 Å². The molecule has 0 aliphatic carbocycles. The van der Waals surface area contributed by atoms with Crippen LogP contribution >= 0.6 is 0 Å². The average Bonchev–Trinajstić information content (AvgIpc) is 2.46. The minimum absolute atomic E-state index is 0.0625. The smallest absolute Gasteiger partial charge is 0.334 e. The van der Waals surface area contributed by atoms with Crippen molar-refractivity contribution >= 4 is 11.9 Å². The van der Waals surface area contributed by atoms with Gasteiger partial charge in [0.2, 0.25) is 0 Å². The average molecular weight is 293 g/mol. The van der Waals surface area contributed by atoms with E-state index in [2.05, 4.69) is 0 Å². The molecule has 2 rings (SSSR count). The van der Waals surface area contributed by atoms with E-state index in [1.807, 2.05) is 6.07 Å². The van der Waals surface area contributed by atoms with Crippen LogP contribution in [0.3, 0.4) is 0 Å². The van der Waals surface area contributed by atoms with Gasteiger partial charge in [-0.3, -0.25) is 4.79 Å². The van der Waals surface area contributed by atoms with Crippen molar-refractivity contribution in [2.24, 2.45) is 0 Å². The fraction of sp³-hybridized carbons (Fsp3) is 0.467. The van der Waals surface area contributed by atoms with E-state index in [0.29, 0.717) is 18.7 Å². The zero-order chi connectivity index (χ0) is 15.4. The van der Waals surface area contributed by atoms with E-state index in [1.165, 1.54) is 4.90 Å². The Labute approximate surface area is 123 Å². The van der Waals surface area contributed by atoms with E-state index in [9.17, 15) is 9.59 Å². The summed E-state index contributed by atoms with van der Waals surface area (Å²) in [5, 5.41) is 9.06. The number of ether oxygens (including phenoxy) is 2. The highest BCUT2D eigenvalue weighted by atomic mass is 16.5. The van der Waals surface area contributed by atoms with Crippen LogP contribution in [0.1, 0.15) is 22.8 Å². The van der Waals surface area contributed by atoms with Gasteiger partial charge in [-0.25, -0.2) is 4.79 Å². The number of hydrogen-bond donors (Lipinski definition) is 1. The number of amides is 1. The summed E-state index contributed by atoms with van der Waals surface area (Å²) in [6.45, 7) is 2.64. The van der Waals surface area contributed by atoms with Gasteiger partial charge in [-0.15, -0.1) is 0 Å². The molecule has 0 bridgehead atoms. The first kappa shape index (κ1) is 15.5. The number of carboxylic acids is 1. The Morgan fingerprint density at radius 3 is 2.86 bits per heavy atom. The molecular weight excluding hydrogens is 274 g/mol. The van der Waals surface area contributed by atoms with E-state index < -0.39 is 12.1 Å². The molecule has 2 atom stereocenters. The molecule has 0 saturated carbocycles. The molecule has 0 aromatic heterocycles. The SMILES string of the molecule is COCc1cccc(C(=O)N2CC(C(=O)O)O[C@H](C)C2)c1. The Balaban J connectivity index is 2.14. The molecule has 1 heterocycles. The number of carboxylic acid groups (broad SMARTS) is 1. The van der Waals surface area contributed by atoms with Gasteiger partial charge in [-0.05, 0) is 24.6 Å². The lowest BCUT2D eigenvalue weighted by Crippen LogP contribution is -2.51. The summed E-state index contributed by atoms with van der Waals surface area (Å²) in [5.41, 5.74) is 1.43. The largest absolute Gasteiger partial charge is 0.479 e. The van der Waals surface area contributed by atoms with Crippen LogP contribution in [-0.2, 0) is 20.9 Å². The van der Waals surface area contributed by atoms with Crippen molar-refractivity contribution in [1.82, 2.24) is 4.90 Å².